The van der Waals surface area contributed by atoms with Gasteiger partial charge in [-0.15, -0.1) is 24.2 Å². The maximum absolute atomic E-state index is 13.1. The Morgan fingerprint density at radius 1 is 1.21 bits per heavy atom. The van der Waals surface area contributed by atoms with E-state index in [2.05, 4.69) is 16.0 Å². The van der Waals surface area contributed by atoms with E-state index in [1.165, 1.54) is 44.2 Å². The van der Waals surface area contributed by atoms with E-state index in [0.717, 1.165) is 17.2 Å². The number of rotatable bonds is 10. The first-order valence-corrected chi connectivity index (χ1v) is 13.5. The van der Waals surface area contributed by atoms with Gasteiger partial charge in [0.1, 0.15) is 6.04 Å². The molecule has 1 aliphatic heterocycles. The zero-order chi connectivity index (χ0) is 22.9. The molecule has 0 aromatic heterocycles. The molecule has 1 aromatic carbocycles. The maximum Gasteiger partial charge on any atom is 0.269 e. The van der Waals surface area contributed by atoms with Crippen LogP contribution in [0.3, 0.4) is 0 Å². The molecule has 2 aliphatic rings. The third kappa shape index (κ3) is 8.66. The Kier molecular flexibility index (Phi) is 11.8. The van der Waals surface area contributed by atoms with Crippen LogP contribution in [0.15, 0.2) is 24.3 Å². The first-order chi connectivity index (χ1) is 15.4. The normalized spacial score (nSPS) is 20.3. The van der Waals surface area contributed by atoms with E-state index in [4.69, 9.17) is 0 Å². The highest BCUT2D eigenvalue weighted by atomic mass is 35.5. The van der Waals surface area contributed by atoms with Gasteiger partial charge < -0.3 is 10.6 Å². The Morgan fingerprint density at radius 3 is 2.52 bits per heavy atom. The summed E-state index contributed by atoms with van der Waals surface area (Å²) >= 11 is 3.40. The minimum Gasteiger partial charge on any atom is -0.348 e. The van der Waals surface area contributed by atoms with Crippen molar-refractivity contribution in [3.05, 3.63) is 39.9 Å². The van der Waals surface area contributed by atoms with Gasteiger partial charge in [-0.05, 0) is 37.0 Å². The van der Waals surface area contributed by atoms with Crippen molar-refractivity contribution in [3.63, 3.8) is 0 Å². The average molecular weight is 517 g/mol. The van der Waals surface area contributed by atoms with E-state index in [1.807, 2.05) is 6.92 Å². The fourth-order valence-corrected chi connectivity index (χ4v) is 6.22. The van der Waals surface area contributed by atoms with Gasteiger partial charge in [-0.2, -0.15) is 11.8 Å². The second-order valence-corrected chi connectivity index (χ2v) is 10.6. The van der Waals surface area contributed by atoms with E-state index in [0.29, 0.717) is 17.4 Å². The number of halogens is 1. The molecule has 0 spiro atoms. The zero-order valence-corrected chi connectivity index (χ0v) is 21.2. The lowest BCUT2D eigenvalue weighted by molar-refractivity contribution is -0.384. The van der Waals surface area contributed by atoms with Crippen LogP contribution < -0.4 is 16.0 Å². The molecule has 1 heterocycles. The first kappa shape index (κ1) is 27.8. The molecule has 0 unspecified atom stereocenters. The highest BCUT2D eigenvalue weighted by molar-refractivity contribution is 7.99. The van der Waals surface area contributed by atoms with Gasteiger partial charge in [0.25, 0.3) is 5.69 Å². The number of hydrogen-bond acceptors (Lipinski definition) is 7. The number of nitrogens with zero attached hydrogens (tertiary/aromatic N) is 1. The summed E-state index contributed by atoms with van der Waals surface area (Å²) in [7, 11) is 0. The van der Waals surface area contributed by atoms with Gasteiger partial charge in [0, 0.05) is 29.5 Å². The largest absolute Gasteiger partial charge is 0.348 e. The van der Waals surface area contributed by atoms with Crippen LogP contribution in [0, 0.1) is 16.0 Å². The third-order valence-electron chi connectivity index (χ3n) is 5.99. The summed E-state index contributed by atoms with van der Waals surface area (Å²) in [5.41, 5.74) is 0.788. The molecular weight excluding hydrogens is 484 g/mol. The van der Waals surface area contributed by atoms with Gasteiger partial charge in [-0.1, -0.05) is 31.4 Å². The number of amides is 2. The van der Waals surface area contributed by atoms with Crippen molar-refractivity contribution < 1.29 is 14.5 Å². The van der Waals surface area contributed by atoms with Gasteiger partial charge in [0.05, 0.1) is 17.0 Å². The van der Waals surface area contributed by atoms with Crippen molar-refractivity contribution in [3.8, 4) is 0 Å². The molecule has 0 bridgehead atoms. The van der Waals surface area contributed by atoms with E-state index in [-0.39, 0.29) is 42.0 Å². The number of carbonyl (C=O) groups is 2. The number of thioether (sulfide) groups is 2. The average Bonchev–Trinajstić information content (AvgIpc) is 3.34. The van der Waals surface area contributed by atoms with Crippen LogP contribution in [0.2, 0.25) is 0 Å². The number of nitro benzene ring substituents is 1. The van der Waals surface area contributed by atoms with Gasteiger partial charge in [0.2, 0.25) is 11.8 Å². The predicted molar refractivity (Wildman–Crippen MR) is 137 cm³/mol. The number of hydrogen-bond donors (Lipinski definition) is 3. The summed E-state index contributed by atoms with van der Waals surface area (Å²) in [6.45, 7) is 1.84. The highest BCUT2D eigenvalue weighted by Crippen LogP contribution is 2.27. The summed E-state index contributed by atoms with van der Waals surface area (Å²) in [6.07, 6.45) is 6.37. The third-order valence-corrected chi connectivity index (χ3v) is 8.21. The number of carbonyl (C=O) groups excluding carboxylic acids is 2. The molecule has 1 aromatic rings. The Hall–Kier alpha value is -1.49. The van der Waals surface area contributed by atoms with E-state index in [9.17, 15) is 19.7 Å². The molecule has 1 aliphatic carbocycles. The number of benzene rings is 1. The number of non-ortho nitro benzene ring substituents is 1. The lowest BCUT2D eigenvalue weighted by Gasteiger charge is -2.25. The van der Waals surface area contributed by atoms with E-state index < -0.39 is 11.0 Å². The first-order valence-electron chi connectivity index (χ1n) is 11.2. The Bertz CT molecular complexity index is 787. The summed E-state index contributed by atoms with van der Waals surface area (Å²) in [5, 5.41) is 19.9. The molecule has 1 saturated carbocycles. The van der Waals surface area contributed by atoms with Crippen LogP contribution >= 0.6 is 35.9 Å². The summed E-state index contributed by atoms with van der Waals surface area (Å²) < 4.78 is 0. The topological polar surface area (TPSA) is 113 Å². The summed E-state index contributed by atoms with van der Waals surface area (Å²) in [6, 6.07) is 4.94. The predicted octanol–water partition coefficient (Wildman–Crippen LogP) is 3.65. The number of nitrogens with one attached hydrogen (secondary N) is 3. The van der Waals surface area contributed by atoms with Crippen LogP contribution in [0.5, 0.6) is 0 Å². The molecule has 3 N–H and O–H groups in total. The Balaban J connectivity index is 0.00000385. The SMILES string of the molecule is C[C@@H](NC(=O)[C@H](CSCC1CCCCC1)NC(=O)[C@@H]1CSCN1)c1ccc([N+](=O)[O-])cc1.Cl. The summed E-state index contributed by atoms with van der Waals surface area (Å²) in [5.74, 6) is 3.30. The Labute approximate surface area is 209 Å². The van der Waals surface area contributed by atoms with Crippen LogP contribution in [0.4, 0.5) is 5.69 Å². The van der Waals surface area contributed by atoms with E-state index >= 15 is 0 Å². The van der Waals surface area contributed by atoms with Crippen LogP contribution in [0.25, 0.3) is 0 Å². The van der Waals surface area contributed by atoms with Crippen LogP contribution in [-0.4, -0.2) is 52.0 Å². The molecule has 8 nitrogen and oxygen atoms in total. The van der Waals surface area contributed by atoms with Crippen molar-refractivity contribution in [2.75, 3.05) is 23.1 Å². The lowest BCUT2D eigenvalue weighted by Crippen LogP contribution is -2.53. The zero-order valence-electron chi connectivity index (χ0n) is 18.8. The van der Waals surface area contributed by atoms with Gasteiger partial charge in [-0.25, -0.2) is 0 Å². The number of nitro groups is 1. The van der Waals surface area contributed by atoms with Crippen LogP contribution in [-0.2, 0) is 9.59 Å². The molecule has 184 valence electrons. The molecule has 33 heavy (non-hydrogen) atoms. The van der Waals surface area contributed by atoms with Crippen molar-refractivity contribution in [2.24, 2.45) is 5.92 Å². The molecule has 2 amide bonds. The van der Waals surface area contributed by atoms with Crippen molar-refractivity contribution in [1.29, 1.82) is 0 Å². The minimum absolute atomic E-state index is 0. The molecule has 11 heteroatoms. The fourth-order valence-electron chi connectivity index (χ4n) is 4.01. The monoisotopic (exact) mass is 516 g/mol. The van der Waals surface area contributed by atoms with Gasteiger partial charge >= 0.3 is 0 Å². The molecular formula is C22H33ClN4O4S2. The minimum atomic E-state index is -0.621. The van der Waals surface area contributed by atoms with Crippen molar-refractivity contribution in [2.45, 2.75) is 57.2 Å². The summed E-state index contributed by atoms with van der Waals surface area (Å²) in [4.78, 5) is 36.1. The van der Waals surface area contributed by atoms with Crippen LogP contribution in [0.1, 0.15) is 50.6 Å². The Morgan fingerprint density at radius 2 is 1.91 bits per heavy atom. The van der Waals surface area contributed by atoms with Crippen molar-refractivity contribution in [1.82, 2.24) is 16.0 Å². The van der Waals surface area contributed by atoms with Crippen molar-refractivity contribution >= 4 is 53.4 Å². The second-order valence-electron chi connectivity index (χ2n) is 8.45. The molecule has 2 fully saturated rings. The maximum atomic E-state index is 13.1. The highest BCUT2D eigenvalue weighted by Gasteiger charge is 2.28. The molecule has 3 rings (SSSR count). The lowest BCUT2D eigenvalue weighted by atomic mass is 9.91. The molecule has 1 saturated heterocycles. The van der Waals surface area contributed by atoms with Gasteiger partial charge in [-0.3, -0.25) is 25.0 Å². The van der Waals surface area contributed by atoms with E-state index in [1.54, 1.807) is 35.7 Å². The second kappa shape index (κ2) is 14.0. The molecule has 3 atom stereocenters. The smallest absolute Gasteiger partial charge is 0.269 e. The molecule has 0 radical (unpaired) electrons. The van der Waals surface area contributed by atoms with Gasteiger partial charge in [0.15, 0.2) is 0 Å². The quantitative estimate of drug-likeness (QED) is 0.321. The fraction of sp³-hybridized carbons (Fsp3) is 0.636. The standard InChI is InChI=1S/C22H32N4O4S2.ClH/c1-15(17-7-9-18(10-8-17)26(29)30)24-22(28)20(25-21(27)19-12-32-14-23-19)13-31-11-16-5-3-2-4-6-16;/h7-10,15-16,19-20,23H,2-6,11-14H2,1H3,(H,24,28)(H,25,27);1H/t15-,19+,20+;/m1./s1.